The lowest BCUT2D eigenvalue weighted by Crippen LogP contribution is -2.50. The van der Waals surface area contributed by atoms with Gasteiger partial charge in [0.15, 0.2) is 0 Å². The van der Waals surface area contributed by atoms with Gasteiger partial charge in [-0.3, -0.25) is 9.59 Å². The fraction of sp³-hybridized carbons (Fsp3) is 0.417. The molecule has 2 aromatic carbocycles. The van der Waals surface area contributed by atoms with Crippen LogP contribution in [-0.2, 0) is 21.9 Å². The van der Waals surface area contributed by atoms with E-state index in [4.69, 9.17) is 0 Å². The molecule has 0 radical (unpaired) electrons. The number of halogens is 1. The van der Waals surface area contributed by atoms with Crippen molar-refractivity contribution in [1.82, 2.24) is 10.2 Å². The minimum Gasteiger partial charge on any atom is -0.352 e. The van der Waals surface area contributed by atoms with Crippen molar-refractivity contribution in [2.45, 2.75) is 58.5 Å². The van der Waals surface area contributed by atoms with Crippen molar-refractivity contribution in [2.75, 3.05) is 5.75 Å². The van der Waals surface area contributed by atoms with Crippen molar-refractivity contribution in [3.63, 3.8) is 0 Å². The Bertz CT molecular complexity index is 859. The highest BCUT2D eigenvalue weighted by Crippen LogP contribution is 2.19. The Morgan fingerprint density at radius 3 is 2.53 bits per heavy atom. The normalized spacial score (nSPS) is 12.8. The van der Waals surface area contributed by atoms with Crippen LogP contribution in [0.2, 0.25) is 0 Å². The molecule has 30 heavy (non-hydrogen) atoms. The smallest absolute Gasteiger partial charge is 0.242 e. The summed E-state index contributed by atoms with van der Waals surface area (Å²) in [7, 11) is 0. The van der Waals surface area contributed by atoms with Gasteiger partial charge in [-0.15, -0.1) is 11.8 Å². The average molecular weight is 491 g/mol. The van der Waals surface area contributed by atoms with Crippen molar-refractivity contribution in [3.05, 3.63) is 69.7 Å². The highest BCUT2D eigenvalue weighted by atomic mass is 79.9. The summed E-state index contributed by atoms with van der Waals surface area (Å²) >= 11 is 5.07. The van der Waals surface area contributed by atoms with Gasteiger partial charge in [0.05, 0.1) is 5.75 Å². The largest absolute Gasteiger partial charge is 0.352 e. The lowest BCUT2D eigenvalue weighted by atomic mass is 10.1. The van der Waals surface area contributed by atoms with Gasteiger partial charge in [0.2, 0.25) is 11.8 Å². The topological polar surface area (TPSA) is 49.4 Å². The molecule has 2 unspecified atom stereocenters. The minimum atomic E-state index is -0.537. The highest BCUT2D eigenvalue weighted by molar-refractivity contribution is 9.10. The highest BCUT2D eigenvalue weighted by Gasteiger charge is 2.26. The van der Waals surface area contributed by atoms with Crippen LogP contribution in [-0.4, -0.2) is 34.6 Å². The molecule has 2 atom stereocenters. The number of carbonyl (C=O) groups is 2. The third-order valence-corrected chi connectivity index (χ3v) is 6.61. The number of nitrogens with one attached hydrogen (secondary N) is 1. The number of hydrogen-bond acceptors (Lipinski definition) is 3. The molecule has 6 heteroatoms. The number of thioether (sulfide) groups is 1. The number of amides is 2. The first-order valence-electron chi connectivity index (χ1n) is 10.3. The quantitative estimate of drug-likeness (QED) is 0.489. The Morgan fingerprint density at radius 1 is 1.13 bits per heavy atom. The molecule has 2 amide bonds. The summed E-state index contributed by atoms with van der Waals surface area (Å²) in [6.07, 6.45) is 0.852. The van der Waals surface area contributed by atoms with Gasteiger partial charge in [-0.1, -0.05) is 59.3 Å². The van der Waals surface area contributed by atoms with Crippen LogP contribution in [0.3, 0.4) is 0 Å². The Labute approximate surface area is 192 Å². The van der Waals surface area contributed by atoms with E-state index in [0.29, 0.717) is 12.3 Å². The zero-order valence-corrected chi connectivity index (χ0v) is 20.6. The van der Waals surface area contributed by atoms with Crippen LogP contribution in [0.1, 0.15) is 43.9 Å². The van der Waals surface area contributed by atoms with Crippen molar-refractivity contribution in [3.8, 4) is 0 Å². The predicted molar refractivity (Wildman–Crippen MR) is 129 cm³/mol. The van der Waals surface area contributed by atoms with Gasteiger partial charge in [-0.2, -0.15) is 0 Å². The summed E-state index contributed by atoms with van der Waals surface area (Å²) in [6.45, 7) is 8.29. The number of hydrogen-bond donors (Lipinski definition) is 1. The average Bonchev–Trinajstić information content (AvgIpc) is 2.72. The molecule has 0 fully saturated rings. The SMILES string of the molecule is CCC(C)NC(=O)C(C)N(Cc1cccc(Br)c1)C(=O)CSCc1ccccc1C. The molecule has 2 rings (SSSR count). The lowest BCUT2D eigenvalue weighted by molar-refractivity contribution is -0.138. The van der Waals surface area contributed by atoms with E-state index in [1.54, 1.807) is 23.6 Å². The van der Waals surface area contributed by atoms with E-state index in [2.05, 4.69) is 40.3 Å². The molecule has 0 heterocycles. The van der Waals surface area contributed by atoms with E-state index >= 15 is 0 Å². The fourth-order valence-electron chi connectivity index (χ4n) is 2.98. The summed E-state index contributed by atoms with van der Waals surface area (Å²) in [4.78, 5) is 27.5. The van der Waals surface area contributed by atoms with E-state index in [1.165, 1.54) is 11.1 Å². The van der Waals surface area contributed by atoms with Gasteiger partial charge in [0.25, 0.3) is 0 Å². The van der Waals surface area contributed by atoms with Crippen LogP contribution in [0.25, 0.3) is 0 Å². The lowest BCUT2D eigenvalue weighted by Gasteiger charge is -2.29. The van der Waals surface area contributed by atoms with Gasteiger partial charge in [-0.25, -0.2) is 0 Å². The molecule has 0 aliphatic carbocycles. The molecule has 0 saturated heterocycles. The fourth-order valence-corrected chi connectivity index (χ4v) is 4.42. The maximum Gasteiger partial charge on any atom is 0.242 e. The zero-order valence-electron chi connectivity index (χ0n) is 18.2. The molecular weight excluding hydrogens is 460 g/mol. The minimum absolute atomic E-state index is 0.0274. The Kier molecular flexibility index (Phi) is 9.92. The molecule has 1 N–H and O–H groups in total. The van der Waals surface area contributed by atoms with Crippen molar-refractivity contribution in [1.29, 1.82) is 0 Å². The Hall–Kier alpha value is -1.79. The maximum absolute atomic E-state index is 13.1. The van der Waals surface area contributed by atoms with E-state index in [9.17, 15) is 9.59 Å². The van der Waals surface area contributed by atoms with Crippen molar-refractivity contribution < 1.29 is 9.59 Å². The predicted octanol–water partition coefficient (Wildman–Crippen LogP) is 5.32. The number of benzene rings is 2. The first-order chi connectivity index (χ1) is 14.3. The van der Waals surface area contributed by atoms with Gasteiger partial charge < -0.3 is 10.2 Å². The Balaban J connectivity index is 2.09. The van der Waals surface area contributed by atoms with E-state index < -0.39 is 6.04 Å². The summed E-state index contributed by atoms with van der Waals surface area (Å²) in [5.41, 5.74) is 3.45. The summed E-state index contributed by atoms with van der Waals surface area (Å²) < 4.78 is 0.957. The molecule has 4 nitrogen and oxygen atoms in total. The van der Waals surface area contributed by atoms with Gasteiger partial charge in [0.1, 0.15) is 6.04 Å². The molecular formula is C24H31BrN2O2S. The van der Waals surface area contributed by atoms with E-state index in [0.717, 1.165) is 22.2 Å². The van der Waals surface area contributed by atoms with E-state index in [-0.39, 0.29) is 17.9 Å². The monoisotopic (exact) mass is 490 g/mol. The van der Waals surface area contributed by atoms with Crippen LogP contribution in [0.5, 0.6) is 0 Å². The van der Waals surface area contributed by atoms with E-state index in [1.807, 2.05) is 50.2 Å². The molecule has 0 aliphatic rings. The summed E-state index contributed by atoms with van der Waals surface area (Å²) in [5, 5.41) is 3.00. The van der Waals surface area contributed by atoms with Crippen LogP contribution in [0.15, 0.2) is 53.0 Å². The molecule has 162 valence electrons. The second-order valence-corrected chi connectivity index (χ2v) is 9.47. The standard InChI is InChI=1S/C24H31BrN2O2S/c1-5-18(3)26-24(29)19(4)27(14-20-10-8-12-22(25)13-20)23(28)16-30-15-21-11-7-6-9-17(21)2/h6-13,18-19H,5,14-16H2,1-4H3,(H,26,29). The first-order valence-corrected chi connectivity index (χ1v) is 12.2. The Morgan fingerprint density at radius 2 is 1.87 bits per heavy atom. The number of carbonyl (C=O) groups excluding carboxylic acids is 2. The first kappa shape index (κ1) is 24.5. The number of aryl methyl sites for hydroxylation is 1. The van der Waals surface area contributed by atoms with Crippen LogP contribution < -0.4 is 5.32 Å². The molecule has 0 aliphatic heterocycles. The van der Waals surface area contributed by atoms with Crippen LogP contribution in [0.4, 0.5) is 0 Å². The molecule has 0 saturated carbocycles. The second-order valence-electron chi connectivity index (χ2n) is 7.56. The summed E-state index contributed by atoms with van der Waals surface area (Å²) in [6, 6.07) is 15.6. The van der Waals surface area contributed by atoms with Gasteiger partial charge in [-0.05, 0) is 56.0 Å². The zero-order chi connectivity index (χ0) is 22.1. The maximum atomic E-state index is 13.1. The second kappa shape index (κ2) is 12.2. The van der Waals surface area contributed by atoms with Crippen LogP contribution in [0, 0.1) is 6.92 Å². The van der Waals surface area contributed by atoms with Gasteiger partial charge >= 0.3 is 0 Å². The molecule has 0 aromatic heterocycles. The third kappa shape index (κ3) is 7.47. The summed E-state index contributed by atoms with van der Waals surface area (Å²) in [5.74, 6) is 0.969. The third-order valence-electron chi connectivity index (χ3n) is 5.15. The molecule has 0 bridgehead atoms. The van der Waals surface area contributed by atoms with Gasteiger partial charge in [0, 0.05) is 22.8 Å². The molecule has 0 spiro atoms. The molecule has 2 aromatic rings. The van der Waals surface area contributed by atoms with Crippen molar-refractivity contribution in [2.24, 2.45) is 0 Å². The van der Waals surface area contributed by atoms with Crippen LogP contribution >= 0.6 is 27.7 Å². The number of nitrogens with zero attached hydrogens (tertiary/aromatic N) is 1. The van der Waals surface area contributed by atoms with Crippen molar-refractivity contribution >= 4 is 39.5 Å². The number of rotatable bonds is 10.